The first-order valence-corrected chi connectivity index (χ1v) is 6.62. The first-order chi connectivity index (χ1) is 9.74. The molecule has 0 saturated heterocycles. The van der Waals surface area contributed by atoms with E-state index in [-0.39, 0.29) is 5.78 Å². The van der Waals surface area contributed by atoms with Gasteiger partial charge in [0.05, 0.1) is 12.7 Å². The molecule has 2 bridgehead atoms. The highest BCUT2D eigenvalue weighted by Gasteiger charge is 2.07. The van der Waals surface area contributed by atoms with Gasteiger partial charge >= 0.3 is 0 Å². The van der Waals surface area contributed by atoms with Crippen LogP contribution in [0.15, 0.2) is 48.5 Å². The van der Waals surface area contributed by atoms with Crippen LogP contribution in [0.1, 0.15) is 29.3 Å². The van der Waals surface area contributed by atoms with Gasteiger partial charge in [-0.3, -0.25) is 4.79 Å². The van der Waals surface area contributed by atoms with E-state index in [2.05, 4.69) is 12.1 Å². The minimum absolute atomic E-state index is 0.118. The molecule has 0 aliphatic carbocycles. The van der Waals surface area contributed by atoms with Crippen molar-refractivity contribution in [3.05, 3.63) is 59.7 Å². The summed E-state index contributed by atoms with van der Waals surface area (Å²) in [6.07, 6.45) is 0.514. The summed E-state index contributed by atoms with van der Waals surface area (Å²) in [5.41, 5.74) is 1.93. The van der Waals surface area contributed by atoms with Gasteiger partial charge < -0.3 is 9.47 Å². The number of methoxy groups -OCH3 is 1. The third-order valence-corrected chi connectivity index (χ3v) is 3.06. The summed E-state index contributed by atoms with van der Waals surface area (Å²) in [7, 11) is 1.57. The molecular weight excluding hydrogens is 252 g/mol. The number of ketones is 1. The van der Waals surface area contributed by atoms with Crippen molar-refractivity contribution in [1.29, 1.82) is 0 Å². The van der Waals surface area contributed by atoms with Gasteiger partial charge in [0.2, 0.25) is 0 Å². The Morgan fingerprint density at radius 3 is 2.25 bits per heavy atom. The SMILES string of the molecule is CCC(=O)c1ccccc1OC.c1cc2ccc1CO2. The fourth-order valence-corrected chi connectivity index (χ4v) is 1.91. The van der Waals surface area contributed by atoms with Crippen molar-refractivity contribution in [3.63, 3.8) is 0 Å². The summed E-state index contributed by atoms with van der Waals surface area (Å²) in [4.78, 5) is 11.3. The number of rotatable bonds is 3. The molecule has 0 amide bonds. The average molecular weight is 270 g/mol. The lowest BCUT2D eigenvalue weighted by Gasteiger charge is -2.11. The van der Waals surface area contributed by atoms with Crippen LogP contribution in [0.5, 0.6) is 11.5 Å². The summed E-state index contributed by atoms with van der Waals surface area (Å²) in [6, 6.07) is 15.4. The van der Waals surface area contributed by atoms with Crippen LogP contribution in [-0.4, -0.2) is 12.9 Å². The molecular formula is C17H18O3. The standard InChI is InChI=1S/C10H12O2.C7H6O/c1-3-9(11)8-6-4-5-7-10(8)12-2;1-3-7-4-2-6(1)5-8-7/h4-7H,3H2,1-2H3;1-4H,5H2. The Kier molecular flexibility index (Phi) is 4.77. The van der Waals surface area contributed by atoms with Gasteiger partial charge in [0.15, 0.2) is 5.78 Å². The molecule has 0 aromatic heterocycles. The molecule has 3 heteroatoms. The van der Waals surface area contributed by atoms with Crippen LogP contribution in [0.2, 0.25) is 0 Å². The molecule has 0 atom stereocenters. The second kappa shape index (κ2) is 6.75. The van der Waals surface area contributed by atoms with Crippen molar-refractivity contribution in [1.82, 2.24) is 0 Å². The molecule has 2 heterocycles. The fourth-order valence-electron chi connectivity index (χ4n) is 1.91. The minimum atomic E-state index is 0.118. The highest BCUT2D eigenvalue weighted by atomic mass is 16.5. The normalized spacial score (nSPS) is 11.1. The number of fused-ring (bicyclic) bond motifs is 3. The van der Waals surface area contributed by atoms with Gasteiger partial charge in [0.25, 0.3) is 0 Å². The quantitative estimate of drug-likeness (QED) is 0.794. The molecule has 0 N–H and O–H groups in total. The lowest BCUT2D eigenvalue weighted by Crippen LogP contribution is -2.00. The molecule has 4 rings (SSSR count). The predicted octanol–water partition coefficient (Wildman–Crippen LogP) is 3.87. The number of hydrogen-bond donors (Lipinski definition) is 0. The van der Waals surface area contributed by atoms with E-state index >= 15 is 0 Å². The molecule has 0 fully saturated rings. The van der Waals surface area contributed by atoms with Crippen LogP contribution in [-0.2, 0) is 6.61 Å². The van der Waals surface area contributed by atoms with E-state index in [1.807, 2.05) is 31.2 Å². The monoisotopic (exact) mass is 270 g/mol. The average Bonchev–Trinajstić information content (AvgIpc) is 2.56. The first kappa shape index (κ1) is 14.1. The summed E-state index contributed by atoms with van der Waals surface area (Å²) in [5.74, 6) is 1.76. The Labute approximate surface area is 119 Å². The second-order valence-electron chi connectivity index (χ2n) is 4.41. The van der Waals surface area contributed by atoms with Crippen LogP contribution in [0, 0.1) is 0 Å². The Morgan fingerprint density at radius 1 is 1.15 bits per heavy atom. The van der Waals surface area contributed by atoms with E-state index in [1.54, 1.807) is 19.2 Å². The van der Waals surface area contributed by atoms with Crippen molar-refractivity contribution >= 4 is 5.78 Å². The minimum Gasteiger partial charge on any atom is -0.496 e. The Hall–Kier alpha value is -2.29. The topological polar surface area (TPSA) is 35.5 Å². The van der Waals surface area contributed by atoms with E-state index in [9.17, 15) is 4.79 Å². The zero-order valence-electron chi connectivity index (χ0n) is 11.8. The van der Waals surface area contributed by atoms with E-state index in [1.165, 1.54) is 5.56 Å². The van der Waals surface area contributed by atoms with Crippen LogP contribution in [0.25, 0.3) is 0 Å². The van der Waals surface area contributed by atoms with Crippen molar-refractivity contribution < 1.29 is 14.3 Å². The smallest absolute Gasteiger partial charge is 0.166 e. The van der Waals surface area contributed by atoms with Crippen LogP contribution >= 0.6 is 0 Å². The van der Waals surface area contributed by atoms with Crippen molar-refractivity contribution in [3.8, 4) is 11.5 Å². The van der Waals surface area contributed by atoms with Gasteiger partial charge in [-0.05, 0) is 29.8 Å². The van der Waals surface area contributed by atoms with Gasteiger partial charge in [0.1, 0.15) is 18.1 Å². The maximum Gasteiger partial charge on any atom is 0.166 e. The number of carbonyl (C=O) groups excluding carboxylic acids is 1. The molecule has 0 radical (unpaired) electrons. The Bertz CT molecular complexity index is 550. The zero-order valence-corrected chi connectivity index (χ0v) is 11.8. The zero-order chi connectivity index (χ0) is 14.4. The van der Waals surface area contributed by atoms with E-state index in [0.29, 0.717) is 17.7 Å². The summed E-state index contributed by atoms with van der Waals surface area (Å²) >= 11 is 0. The van der Waals surface area contributed by atoms with Gasteiger partial charge in [0, 0.05) is 6.42 Å². The van der Waals surface area contributed by atoms with Crippen LogP contribution < -0.4 is 9.47 Å². The lowest BCUT2D eigenvalue weighted by molar-refractivity contribution is 0.0985. The van der Waals surface area contributed by atoms with Crippen LogP contribution in [0.3, 0.4) is 0 Å². The van der Waals surface area contributed by atoms with E-state index in [0.717, 1.165) is 12.4 Å². The molecule has 104 valence electrons. The molecule has 2 aliphatic rings. The van der Waals surface area contributed by atoms with Crippen molar-refractivity contribution in [2.45, 2.75) is 20.0 Å². The number of para-hydroxylation sites is 1. The second-order valence-corrected chi connectivity index (χ2v) is 4.41. The van der Waals surface area contributed by atoms with Crippen molar-refractivity contribution in [2.24, 2.45) is 0 Å². The maximum absolute atomic E-state index is 11.3. The number of carbonyl (C=O) groups is 1. The number of ether oxygens (including phenoxy) is 2. The molecule has 2 aromatic rings. The van der Waals surface area contributed by atoms with Gasteiger partial charge in [-0.2, -0.15) is 0 Å². The maximum atomic E-state index is 11.3. The van der Waals surface area contributed by atoms with Gasteiger partial charge in [-0.25, -0.2) is 0 Å². The molecule has 3 nitrogen and oxygen atoms in total. The number of Topliss-reactive ketones (excluding diaryl/α,β-unsaturated/α-hetero) is 1. The van der Waals surface area contributed by atoms with Crippen LogP contribution in [0.4, 0.5) is 0 Å². The highest BCUT2D eigenvalue weighted by molar-refractivity contribution is 5.98. The largest absolute Gasteiger partial charge is 0.496 e. The summed E-state index contributed by atoms with van der Waals surface area (Å²) in [5, 5.41) is 0. The summed E-state index contributed by atoms with van der Waals surface area (Å²) < 4.78 is 10.2. The highest BCUT2D eigenvalue weighted by Crippen LogP contribution is 2.19. The third-order valence-electron chi connectivity index (χ3n) is 3.06. The Morgan fingerprint density at radius 2 is 1.85 bits per heavy atom. The first-order valence-electron chi connectivity index (χ1n) is 6.62. The molecule has 0 saturated carbocycles. The van der Waals surface area contributed by atoms with Crippen molar-refractivity contribution in [2.75, 3.05) is 7.11 Å². The molecule has 0 unspecified atom stereocenters. The fraction of sp³-hybridized carbons (Fsp3) is 0.235. The number of benzene rings is 2. The molecule has 20 heavy (non-hydrogen) atoms. The summed E-state index contributed by atoms with van der Waals surface area (Å²) in [6.45, 7) is 2.61. The molecule has 2 aromatic carbocycles. The predicted molar refractivity (Wildman–Crippen MR) is 78.4 cm³/mol. The van der Waals surface area contributed by atoms with Gasteiger partial charge in [-0.15, -0.1) is 0 Å². The third kappa shape index (κ3) is 3.38. The Balaban J connectivity index is 0.000000157. The lowest BCUT2D eigenvalue weighted by atomic mass is 10.1. The van der Waals surface area contributed by atoms with E-state index < -0.39 is 0 Å². The molecule has 0 spiro atoms. The number of hydrogen-bond acceptors (Lipinski definition) is 3. The molecule has 2 aliphatic heterocycles. The van der Waals surface area contributed by atoms with E-state index in [4.69, 9.17) is 9.47 Å². The van der Waals surface area contributed by atoms with Gasteiger partial charge in [-0.1, -0.05) is 31.2 Å².